The summed E-state index contributed by atoms with van der Waals surface area (Å²) in [6.07, 6.45) is 2.83. The molecule has 2 aromatic carbocycles. The number of fused-ring (bicyclic) bond motifs is 1. The van der Waals surface area contributed by atoms with Crippen molar-refractivity contribution in [3.8, 4) is 0 Å². The number of pyridine rings is 1. The second-order valence-corrected chi connectivity index (χ2v) is 11.0. The third kappa shape index (κ3) is 8.49. The largest absolute Gasteiger partial charge is 0.438 e. The lowest BCUT2D eigenvalue weighted by Gasteiger charge is -2.19. The summed E-state index contributed by atoms with van der Waals surface area (Å²) >= 11 is 0. The molecule has 1 atom stereocenters. The summed E-state index contributed by atoms with van der Waals surface area (Å²) in [5.41, 5.74) is 1.58. The van der Waals surface area contributed by atoms with Crippen LogP contribution in [-0.4, -0.2) is 76.0 Å². The Bertz CT molecular complexity index is 1780. The van der Waals surface area contributed by atoms with Crippen molar-refractivity contribution in [2.45, 2.75) is 38.5 Å². The number of ketones is 1. The van der Waals surface area contributed by atoms with Gasteiger partial charge < -0.3 is 23.7 Å². The van der Waals surface area contributed by atoms with Crippen molar-refractivity contribution in [3.05, 3.63) is 112 Å². The van der Waals surface area contributed by atoms with Crippen LogP contribution in [0.3, 0.4) is 0 Å². The van der Waals surface area contributed by atoms with E-state index in [2.05, 4.69) is 4.98 Å². The van der Waals surface area contributed by atoms with Crippen molar-refractivity contribution in [1.82, 2.24) is 23.9 Å². The number of imidazole rings is 1. The maximum Gasteiger partial charge on any atom is 0.409 e. The standard InChI is InChI=1S/C33H35F2N5O5/c1-37(2)31(42)10-6-5-9-29(45-33(44)38(3)4)28(41)18-23-8-7-17-39(32(23)43)21-30-36-26-19-25(35)15-16-27(26)40(30)20-22-11-13-24(34)14-12-22/h6-8,10-17,19,29H,5,9,18,20-21H2,1-4H3/b10-6+/t29-/m0/s1. The van der Waals surface area contributed by atoms with Crippen LogP contribution in [0.4, 0.5) is 13.6 Å². The highest BCUT2D eigenvalue weighted by Gasteiger charge is 2.25. The molecule has 4 aromatic rings. The van der Waals surface area contributed by atoms with Gasteiger partial charge in [0.15, 0.2) is 11.9 Å². The molecule has 0 aliphatic carbocycles. The topological polar surface area (TPSA) is 107 Å². The maximum atomic E-state index is 14.0. The number of rotatable bonds is 12. The Morgan fingerprint density at radius 3 is 2.36 bits per heavy atom. The van der Waals surface area contributed by atoms with Gasteiger partial charge in [0.25, 0.3) is 5.56 Å². The maximum absolute atomic E-state index is 14.0. The highest BCUT2D eigenvalue weighted by molar-refractivity contribution is 5.88. The van der Waals surface area contributed by atoms with E-state index in [1.165, 1.54) is 64.9 Å². The number of nitrogens with zero attached hydrogens (tertiary/aromatic N) is 5. The van der Waals surface area contributed by atoms with Crippen molar-refractivity contribution < 1.29 is 27.9 Å². The first-order valence-corrected chi connectivity index (χ1v) is 14.3. The molecule has 0 saturated carbocycles. The summed E-state index contributed by atoms with van der Waals surface area (Å²) in [5, 5.41) is 0. The van der Waals surface area contributed by atoms with Gasteiger partial charge >= 0.3 is 6.09 Å². The number of carbonyl (C=O) groups excluding carboxylic acids is 3. The van der Waals surface area contributed by atoms with Gasteiger partial charge in [-0.15, -0.1) is 0 Å². The number of halogens is 2. The molecule has 0 fully saturated rings. The normalized spacial score (nSPS) is 12.0. The first kappa shape index (κ1) is 32.8. The molecule has 0 saturated heterocycles. The van der Waals surface area contributed by atoms with Gasteiger partial charge in [0.1, 0.15) is 17.5 Å². The fourth-order valence-corrected chi connectivity index (χ4v) is 4.62. The lowest BCUT2D eigenvalue weighted by atomic mass is 10.0. The van der Waals surface area contributed by atoms with Gasteiger partial charge in [-0.05, 0) is 54.8 Å². The minimum Gasteiger partial charge on any atom is -0.438 e. The SMILES string of the molecule is CN(C)C(=O)/C=C/CC[C@H](OC(=O)N(C)C)C(=O)Cc1cccn(Cc2nc3cc(F)ccc3n2Cc2ccc(F)cc2)c1=O. The average molecular weight is 620 g/mol. The van der Waals surface area contributed by atoms with E-state index in [9.17, 15) is 28.0 Å². The van der Waals surface area contributed by atoms with E-state index < -0.39 is 29.4 Å². The smallest absolute Gasteiger partial charge is 0.409 e. The molecule has 236 valence electrons. The summed E-state index contributed by atoms with van der Waals surface area (Å²) in [6, 6.07) is 13.4. The van der Waals surface area contributed by atoms with Crippen molar-refractivity contribution in [1.29, 1.82) is 0 Å². The molecule has 10 nitrogen and oxygen atoms in total. The fourth-order valence-electron chi connectivity index (χ4n) is 4.62. The molecule has 0 aliphatic heterocycles. The van der Waals surface area contributed by atoms with Crippen molar-refractivity contribution >= 4 is 28.8 Å². The molecular weight excluding hydrogens is 584 g/mol. The van der Waals surface area contributed by atoms with Crippen molar-refractivity contribution in [2.75, 3.05) is 28.2 Å². The van der Waals surface area contributed by atoms with E-state index in [-0.39, 0.29) is 36.7 Å². The van der Waals surface area contributed by atoms with E-state index >= 15 is 0 Å². The summed E-state index contributed by atoms with van der Waals surface area (Å²) in [6.45, 7) is 0.320. The molecular formula is C33H35F2N5O5. The highest BCUT2D eigenvalue weighted by atomic mass is 19.1. The quantitative estimate of drug-likeness (QED) is 0.221. The Labute approximate surface area is 259 Å². The Kier molecular flexibility index (Phi) is 10.6. The number of Topliss-reactive ketones (excluding diaryl/α,β-unsaturated/α-hetero) is 1. The zero-order chi connectivity index (χ0) is 32.7. The van der Waals surface area contributed by atoms with Crippen LogP contribution in [0.1, 0.15) is 29.8 Å². The van der Waals surface area contributed by atoms with Crippen molar-refractivity contribution in [2.24, 2.45) is 0 Å². The predicted molar refractivity (Wildman–Crippen MR) is 165 cm³/mol. The molecule has 0 spiro atoms. The molecule has 0 radical (unpaired) electrons. The number of amides is 2. The monoisotopic (exact) mass is 619 g/mol. The molecule has 2 heterocycles. The zero-order valence-electron chi connectivity index (χ0n) is 25.6. The predicted octanol–water partition coefficient (Wildman–Crippen LogP) is 4.18. The van der Waals surface area contributed by atoms with Crippen LogP contribution >= 0.6 is 0 Å². The van der Waals surface area contributed by atoms with Gasteiger partial charge in [0.05, 0.1) is 17.6 Å². The number of carbonyl (C=O) groups is 3. The number of ether oxygens (including phenoxy) is 1. The fraction of sp³-hybridized carbons (Fsp3) is 0.303. The van der Waals surface area contributed by atoms with E-state index in [0.29, 0.717) is 29.8 Å². The first-order valence-electron chi connectivity index (χ1n) is 14.3. The molecule has 12 heteroatoms. The van der Waals surface area contributed by atoms with Crippen LogP contribution in [0.25, 0.3) is 11.0 Å². The van der Waals surface area contributed by atoms with Crippen LogP contribution < -0.4 is 5.56 Å². The molecule has 0 unspecified atom stereocenters. The third-order valence-corrected chi connectivity index (χ3v) is 7.08. The van der Waals surface area contributed by atoms with Crippen LogP contribution in [0.15, 0.2) is 77.7 Å². The number of benzene rings is 2. The van der Waals surface area contributed by atoms with Crippen LogP contribution in [0, 0.1) is 11.6 Å². The van der Waals surface area contributed by atoms with Gasteiger partial charge in [-0.25, -0.2) is 18.6 Å². The van der Waals surface area contributed by atoms with E-state index in [4.69, 9.17) is 4.74 Å². The molecule has 0 bridgehead atoms. The van der Waals surface area contributed by atoms with E-state index in [0.717, 1.165) is 5.56 Å². The molecule has 0 N–H and O–H groups in total. The van der Waals surface area contributed by atoms with Gasteiger partial charge in [0, 0.05) is 59.0 Å². The summed E-state index contributed by atoms with van der Waals surface area (Å²) in [5.74, 6) is -1.05. The second-order valence-electron chi connectivity index (χ2n) is 11.0. The number of allylic oxidation sites excluding steroid dienone is 1. The Morgan fingerprint density at radius 2 is 1.67 bits per heavy atom. The van der Waals surface area contributed by atoms with Gasteiger partial charge in [-0.3, -0.25) is 14.4 Å². The van der Waals surface area contributed by atoms with Gasteiger partial charge in [-0.2, -0.15) is 0 Å². The average Bonchev–Trinajstić information content (AvgIpc) is 3.32. The van der Waals surface area contributed by atoms with Crippen LogP contribution in [0.5, 0.6) is 0 Å². The number of hydrogen-bond donors (Lipinski definition) is 0. The summed E-state index contributed by atoms with van der Waals surface area (Å²) in [7, 11) is 6.22. The van der Waals surface area contributed by atoms with E-state index in [1.807, 2.05) is 4.57 Å². The molecule has 4 rings (SSSR count). The molecule has 2 aromatic heterocycles. The third-order valence-electron chi connectivity index (χ3n) is 7.08. The number of hydrogen-bond acceptors (Lipinski definition) is 6. The summed E-state index contributed by atoms with van der Waals surface area (Å²) in [4.78, 5) is 58.2. The molecule has 45 heavy (non-hydrogen) atoms. The molecule has 0 aliphatic rings. The lowest BCUT2D eigenvalue weighted by Crippen LogP contribution is -2.35. The van der Waals surface area contributed by atoms with Crippen molar-refractivity contribution in [3.63, 3.8) is 0 Å². The Hall–Kier alpha value is -5.13. The van der Waals surface area contributed by atoms with Gasteiger partial charge in [0.2, 0.25) is 5.91 Å². The highest BCUT2D eigenvalue weighted by Crippen LogP contribution is 2.20. The van der Waals surface area contributed by atoms with E-state index in [1.54, 1.807) is 50.6 Å². The minimum atomic E-state index is -1.14. The second kappa shape index (κ2) is 14.6. The first-order chi connectivity index (χ1) is 21.4. The number of likely N-dealkylation sites (N-methyl/N-ethyl adjacent to an activating group) is 1. The van der Waals surface area contributed by atoms with Crippen LogP contribution in [0.2, 0.25) is 0 Å². The molecule has 2 amide bonds. The Morgan fingerprint density at radius 1 is 0.956 bits per heavy atom. The van der Waals surface area contributed by atoms with Gasteiger partial charge in [-0.1, -0.05) is 24.3 Å². The Balaban J connectivity index is 1.58. The van der Waals surface area contributed by atoms with Crippen LogP contribution in [-0.2, 0) is 33.8 Å². The minimum absolute atomic E-state index is 0.0160. The number of aromatic nitrogens is 3. The summed E-state index contributed by atoms with van der Waals surface area (Å²) < 4.78 is 36.2. The lowest BCUT2D eigenvalue weighted by molar-refractivity contribution is -0.127. The zero-order valence-corrected chi connectivity index (χ0v) is 25.6.